The Labute approximate surface area is 153 Å². The minimum Gasteiger partial charge on any atom is -0.497 e. The van der Waals surface area contributed by atoms with Gasteiger partial charge >= 0.3 is 5.97 Å². The smallest absolute Gasteiger partial charge is 0.339 e. The second-order valence-electron chi connectivity index (χ2n) is 5.17. The largest absolute Gasteiger partial charge is 0.497 e. The summed E-state index contributed by atoms with van der Waals surface area (Å²) in [5.41, 5.74) is 1.78. The van der Waals surface area contributed by atoms with Crippen LogP contribution in [0.2, 0.25) is 0 Å². The van der Waals surface area contributed by atoms with E-state index in [1.54, 1.807) is 43.5 Å². The fraction of sp³-hybridized carbons (Fsp3) is 0.111. The molecule has 0 aliphatic rings. The number of hydrogen-bond acceptors (Lipinski definition) is 7. The summed E-state index contributed by atoms with van der Waals surface area (Å²) in [7, 11) is 2.85. The molecule has 1 amide bonds. The zero-order valence-electron chi connectivity index (χ0n) is 14.1. The van der Waals surface area contributed by atoms with Gasteiger partial charge in [0.25, 0.3) is 5.91 Å². The Morgan fingerprint density at radius 2 is 1.88 bits per heavy atom. The predicted molar refractivity (Wildman–Crippen MR) is 97.6 cm³/mol. The van der Waals surface area contributed by atoms with Gasteiger partial charge in [-0.15, -0.1) is 5.10 Å². The maximum atomic E-state index is 12.7. The van der Waals surface area contributed by atoms with Crippen molar-refractivity contribution in [3.05, 3.63) is 59.0 Å². The van der Waals surface area contributed by atoms with Gasteiger partial charge < -0.3 is 14.8 Å². The third kappa shape index (κ3) is 3.55. The Balaban J connectivity index is 1.91. The van der Waals surface area contributed by atoms with E-state index in [2.05, 4.69) is 14.9 Å². The highest BCUT2D eigenvalue weighted by Crippen LogP contribution is 2.28. The Kier molecular flexibility index (Phi) is 5.23. The molecule has 3 rings (SSSR count). The van der Waals surface area contributed by atoms with E-state index in [-0.39, 0.29) is 5.56 Å². The van der Waals surface area contributed by atoms with Crippen molar-refractivity contribution < 1.29 is 19.1 Å². The molecule has 8 heteroatoms. The second-order valence-corrected chi connectivity index (χ2v) is 5.93. The van der Waals surface area contributed by atoms with Gasteiger partial charge in [-0.05, 0) is 35.8 Å². The third-order valence-electron chi connectivity index (χ3n) is 3.62. The molecular weight excluding hydrogens is 354 g/mol. The molecule has 1 heterocycles. The number of carbonyl (C=O) groups is 2. The average molecular weight is 369 g/mol. The van der Waals surface area contributed by atoms with E-state index in [0.29, 0.717) is 27.6 Å². The average Bonchev–Trinajstić information content (AvgIpc) is 3.18. The van der Waals surface area contributed by atoms with Gasteiger partial charge in [-0.3, -0.25) is 4.79 Å². The standard InChI is InChI=1S/C18H15N3O4S/c1-24-12-7-5-6-11(10-12)15-16(26-21-20-15)17(22)19-14-9-4-3-8-13(14)18(23)25-2/h3-10H,1-2H3,(H,19,22). The van der Waals surface area contributed by atoms with Gasteiger partial charge in [0, 0.05) is 5.56 Å². The Morgan fingerprint density at radius 1 is 1.08 bits per heavy atom. The van der Waals surface area contributed by atoms with Crippen LogP contribution in [-0.4, -0.2) is 35.7 Å². The number of para-hydroxylation sites is 1. The first-order chi connectivity index (χ1) is 12.6. The van der Waals surface area contributed by atoms with E-state index in [9.17, 15) is 9.59 Å². The summed E-state index contributed by atoms with van der Waals surface area (Å²) in [5.74, 6) is -0.289. The summed E-state index contributed by atoms with van der Waals surface area (Å²) < 4.78 is 13.8. The van der Waals surface area contributed by atoms with E-state index in [4.69, 9.17) is 9.47 Å². The van der Waals surface area contributed by atoms with Crippen LogP contribution in [0.25, 0.3) is 11.3 Å². The van der Waals surface area contributed by atoms with Gasteiger partial charge in [-0.1, -0.05) is 28.8 Å². The number of nitrogens with one attached hydrogen (secondary N) is 1. The lowest BCUT2D eigenvalue weighted by Crippen LogP contribution is -2.15. The van der Waals surface area contributed by atoms with Crippen LogP contribution in [0.1, 0.15) is 20.0 Å². The number of esters is 1. The van der Waals surface area contributed by atoms with Crippen molar-refractivity contribution >= 4 is 29.1 Å². The molecule has 7 nitrogen and oxygen atoms in total. The molecule has 0 aliphatic carbocycles. The minimum absolute atomic E-state index is 0.267. The van der Waals surface area contributed by atoms with Crippen molar-refractivity contribution in [2.24, 2.45) is 0 Å². The zero-order valence-corrected chi connectivity index (χ0v) is 14.9. The third-order valence-corrected chi connectivity index (χ3v) is 4.34. The van der Waals surface area contributed by atoms with Crippen LogP contribution in [0.4, 0.5) is 5.69 Å². The molecular formula is C18H15N3O4S. The normalized spacial score (nSPS) is 10.2. The molecule has 2 aromatic carbocycles. The predicted octanol–water partition coefficient (Wildman–Crippen LogP) is 3.25. The molecule has 0 fully saturated rings. The van der Waals surface area contributed by atoms with Gasteiger partial charge in [-0.25, -0.2) is 4.79 Å². The van der Waals surface area contributed by atoms with Crippen molar-refractivity contribution in [3.63, 3.8) is 0 Å². The molecule has 0 radical (unpaired) electrons. The van der Waals surface area contributed by atoms with Crippen molar-refractivity contribution in [2.75, 3.05) is 19.5 Å². The van der Waals surface area contributed by atoms with E-state index >= 15 is 0 Å². The first kappa shape index (κ1) is 17.6. The van der Waals surface area contributed by atoms with E-state index in [1.807, 2.05) is 12.1 Å². The topological polar surface area (TPSA) is 90.4 Å². The van der Waals surface area contributed by atoms with Gasteiger partial charge in [0.1, 0.15) is 16.3 Å². The number of ether oxygens (including phenoxy) is 2. The van der Waals surface area contributed by atoms with Gasteiger partial charge in [0.2, 0.25) is 0 Å². The molecule has 0 atom stereocenters. The number of rotatable bonds is 5. The summed E-state index contributed by atoms with van der Waals surface area (Å²) >= 11 is 0.975. The van der Waals surface area contributed by atoms with Crippen LogP contribution in [0, 0.1) is 0 Å². The van der Waals surface area contributed by atoms with Crippen molar-refractivity contribution in [2.45, 2.75) is 0 Å². The van der Waals surface area contributed by atoms with Crippen molar-refractivity contribution in [1.29, 1.82) is 0 Å². The summed E-state index contributed by atoms with van der Waals surface area (Å²) in [5, 5.41) is 6.79. The Morgan fingerprint density at radius 3 is 2.65 bits per heavy atom. The number of methoxy groups -OCH3 is 2. The van der Waals surface area contributed by atoms with Crippen LogP contribution in [-0.2, 0) is 4.74 Å². The fourth-order valence-corrected chi connectivity index (χ4v) is 2.94. The fourth-order valence-electron chi connectivity index (χ4n) is 2.36. The summed E-state index contributed by atoms with van der Waals surface area (Å²) in [4.78, 5) is 24.9. The molecule has 0 spiro atoms. The lowest BCUT2D eigenvalue weighted by Gasteiger charge is -2.09. The highest BCUT2D eigenvalue weighted by Gasteiger charge is 2.20. The molecule has 0 saturated heterocycles. The number of carbonyl (C=O) groups excluding carboxylic acids is 2. The zero-order chi connectivity index (χ0) is 18.5. The quantitative estimate of drug-likeness (QED) is 0.694. The van der Waals surface area contributed by atoms with Crippen LogP contribution in [0.15, 0.2) is 48.5 Å². The van der Waals surface area contributed by atoms with Gasteiger partial charge in [-0.2, -0.15) is 0 Å². The minimum atomic E-state index is -0.531. The maximum Gasteiger partial charge on any atom is 0.339 e. The SMILES string of the molecule is COC(=O)c1ccccc1NC(=O)c1snnc1-c1cccc(OC)c1. The molecule has 0 saturated carbocycles. The number of anilines is 1. The first-order valence-corrected chi connectivity index (χ1v) is 8.37. The number of aromatic nitrogens is 2. The number of benzene rings is 2. The van der Waals surface area contributed by atoms with Crippen LogP contribution < -0.4 is 10.1 Å². The second kappa shape index (κ2) is 7.75. The summed E-state index contributed by atoms with van der Waals surface area (Å²) in [6, 6.07) is 13.8. The van der Waals surface area contributed by atoms with Gasteiger partial charge in [0.05, 0.1) is 25.5 Å². The lowest BCUT2D eigenvalue weighted by molar-refractivity contribution is 0.0602. The van der Waals surface area contributed by atoms with Crippen molar-refractivity contribution in [3.8, 4) is 17.0 Å². The number of amides is 1. The Hall–Kier alpha value is -3.26. The summed E-state index contributed by atoms with van der Waals surface area (Å²) in [6.07, 6.45) is 0. The van der Waals surface area contributed by atoms with Crippen LogP contribution >= 0.6 is 11.5 Å². The molecule has 1 N–H and O–H groups in total. The van der Waals surface area contributed by atoms with Crippen molar-refractivity contribution in [1.82, 2.24) is 9.59 Å². The number of nitrogens with zero attached hydrogens (tertiary/aromatic N) is 2. The number of hydrogen-bond donors (Lipinski definition) is 1. The van der Waals surface area contributed by atoms with Crippen LogP contribution in [0.3, 0.4) is 0 Å². The molecule has 132 valence electrons. The molecule has 0 aliphatic heterocycles. The maximum absolute atomic E-state index is 12.7. The molecule has 1 aromatic heterocycles. The molecule has 3 aromatic rings. The highest BCUT2D eigenvalue weighted by molar-refractivity contribution is 7.08. The van der Waals surface area contributed by atoms with E-state index < -0.39 is 11.9 Å². The summed E-state index contributed by atoms with van der Waals surface area (Å²) in [6.45, 7) is 0. The molecule has 0 bridgehead atoms. The van der Waals surface area contributed by atoms with E-state index in [0.717, 1.165) is 11.5 Å². The highest BCUT2D eigenvalue weighted by atomic mass is 32.1. The van der Waals surface area contributed by atoms with E-state index in [1.165, 1.54) is 7.11 Å². The molecule has 26 heavy (non-hydrogen) atoms. The monoisotopic (exact) mass is 369 g/mol. The first-order valence-electron chi connectivity index (χ1n) is 7.59. The van der Waals surface area contributed by atoms with Gasteiger partial charge in [0.15, 0.2) is 0 Å². The lowest BCUT2D eigenvalue weighted by atomic mass is 10.1. The Bertz CT molecular complexity index is 955. The van der Waals surface area contributed by atoms with Crippen LogP contribution in [0.5, 0.6) is 5.75 Å². The molecule has 0 unspecified atom stereocenters.